The smallest absolute Gasteiger partial charge is 0.134 e. The van der Waals surface area contributed by atoms with E-state index in [0.717, 1.165) is 6.54 Å². The summed E-state index contributed by atoms with van der Waals surface area (Å²) < 4.78 is 0. The minimum absolute atomic E-state index is 0.376. The van der Waals surface area contributed by atoms with Crippen molar-refractivity contribution in [2.45, 2.75) is 19.4 Å². The number of fused-ring (bicyclic) bond motifs is 1. The number of hydrogen-bond acceptors (Lipinski definition) is 2. The molecule has 0 aromatic heterocycles. The molecule has 3 aliphatic rings. The highest BCUT2D eigenvalue weighted by Crippen LogP contribution is 2.40. The van der Waals surface area contributed by atoms with Crippen molar-refractivity contribution in [3.63, 3.8) is 0 Å². The molecule has 0 radical (unpaired) electrons. The van der Waals surface area contributed by atoms with Gasteiger partial charge in [-0.05, 0) is 25.8 Å². The molecule has 0 aromatic carbocycles. The summed E-state index contributed by atoms with van der Waals surface area (Å²) in [6, 6.07) is 0.549. The molecular weight excluding hydrogens is 114 g/mol. The van der Waals surface area contributed by atoms with Crippen LogP contribution in [0.15, 0.2) is 0 Å². The van der Waals surface area contributed by atoms with E-state index in [2.05, 4.69) is 5.32 Å². The maximum absolute atomic E-state index is 10.8. The van der Waals surface area contributed by atoms with Crippen LogP contribution < -0.4 is 5.32 Å². The van der Waals surface area contributed by atoms with Crippen molar-refractivity contribution in [2.75, 3.05) is 6.54 Å². The minimum atomic E-state index is 0.376. The number of hydrogen-bond donors (Lipinski definition) is 1. The van der Waals surface area contributed by atoms with Crippen molar-refractivity contribution in [1.82, 2.24) is 5.32 Å². The molecule has 2 heteroatoms. The molecule has 2 aliphatic heterocycles. The average molecular weight is 125 g/mol. The predicted octanol–water partition coefficient (Wildman–Crippen LogP) is 0.183. The molecule has 1 N–H and O–H groups in total. The Balaban J connectivity index is 2.10. The van der Waals surface area contributed by atoms with Crippen molar-refractivity contribution in [3.8, 4) is 0 Å². The van der Waals surface area contributed by atoms with Crippen LogP contribution in [0, 0.1) is 11.8 Å². The minimum Gasteiger partial charge on any atom is -0.313 e. The molecule has 3 rings (SSSR count). The number of ketones is 1. The Bertz CT molecular complexity index is 141. The van der Waals surface area contributed by atoms with Crippen molar-refractivity contribution in [3.05, 3.63) is 0 Å². The van der Waals surface area contributed by atoms with Gasteiger partial charge in [-0.25, -0.2) is 0 Å². The number of rotatable bonds is 1. The summed E-state index contributed by atoms with van der Waals surface area (Å²) in [7, 11) is 0. The van der Waals surface area contributed by atoms with Crippen LogP contribution in [0.4, 0.5) is 0 Å². The van der Waals surface area contributed by atoms with Crippen LogP contribution in [0.25, 0.3) is 0 Å². The van der Waals surface area contributed by atoms with Crippen LogP contribution in [0.3, 0.4) is 0 Å². The van der Waals surface area contributed by atoms with Crippen LogP contribution >= 0.6 is 0 Å². The molecule has 2 nitrogen and oxygen atoms in total. The van der Waals surface area contributed by atoms with Crippen LogP contribution in [-0.2, 0) is 4.79 Å². The number of Topliss-reactive ketones (excluding diaryl/α,β-unsaturated/α-hetero) is 1. The zero-order valence-corrected chi connectivity index (χ0v) is 5.55. The van der Waals surface area contributed by atoms with E-state index in [9.17, 15) is 4.79 Å². The van der Waals surface area contributed by atoms with Crippen LogP contribution in [0.5, 0.6) is 0 Å². The highest BCUT2D eigenvalue weighted by atomic mass is 16.1. The predicted molar refractivity (Wildman–Crippen MR) is 34.1 cm³/mol. The largest absolute Gasteiger partial charge is 0.313 e. The summed E-state index contributed by atoms with van der Waals surface area (Å²) in [4.78, 5) is 10.8. The molecular formula is C7H11NO. The lowest BCUT2D eigenvalue weighted by molar-refractivity contribution is -0.124. The second-order valence-corrected chi connectivity index (χ2v) is 3.15. The van der Waals surface area contributed by atoms with Crippen LogP contribution in [0.2, 0.25) is 0 Å². The molecule has 2 saturated heterocycles. The van der Waals surface area contributed by atoms with Gasteiger partial charge in [-0.15, -0.1) is 0 Å². The van der Waals surface area contributed by atoms with Crippen LogP contribution in [-0.4, -0.2) is 18.4 Å². The van der Waals surface area contributed by atoms with E-state index in [0.29, 0.717) is 23.7 Å². The Morgan fingerprint density at radius 2 is 2.44 bits per heavy atom. The third-order valence-corrected chi connectivity index (χ3v) is 2.61. The lowest BCUT2D eigenvalue weighted by Gasteiger charge is -2.31. The third kappa shape index (κ3) is 0.568. The second-order valence-electron chi connectivity index (χ2n) is 3.15. The van der Waals surface area contributed by atoms with Crippen molar-refractivity contribution in [1.29, 1.82) is 0 Å². The van der Waals surface area contributed by atoms with Gasteiger partial charge in [0.15, 0.2) is 0 Å². The quantitative estimate of drug-likeness (QED) is 0.541. The van der Waals surface area contributed by atoms with Crippen molar-refractivity contribution in [2.24, 2.45) is 11.8 Å². The van der Waals surface area contributed by atoms with Gasteiger partial charge >= 0.3 is 0 Å². The molecule has 1 aliphatic carbocycles. The Kier molecular flexibility index (Phi) is 0.943. The fourth-order valence-corrected chi connectivity index (χ4v) is 2.09. The summed E-state index contributed by atoms with van der Waals surface area (Å²) in [6.45, 7) is 2.78. The molecule has 9 heavy (non-hydrogen) atoms. The highest BCUT2D eigenvalue weighted by molar-refractivity contribution is 5.81. The van der Waals surface area contributed by atoms with Gasteiger partial charge in [-0.2, -0.15) is 0 Å². The molecule has 2 heterocycles. The topological polar surface area (TPSA) is 29.1 Å². The van der Waals surface area contributed by atoms with Gasteiger partial charge in [0, 0.05) is 12.0 Å². The van der Waals surface area contributed by atoms with E-state index in [-0.39, 0.29) is 0 Å². The second kappa shape index (κ2) is 1.57. The normalized spacial score (nSPS) is 46.6. The van der Waals surface area contributed by atoms with E-state index in [1.807, 2.05) is 0 Å². The Labute approximate surface area is 54.6 Å². The monoisotopic (exact) mass is 125 g/mol. The van der Waals surface area contributed by atoms with E-state index >= 15 is 0 Å². The zero-order chi connectivity index (χ0) is 6.43. The van der Waals surface area contributed by atoms with Gasteiger partial charge in [-0.3, -0.25) is 4.79 Å². The fraction of sp³-hybridized carbons (Fsp3) is 0.857. The first-order valence-electron chi connectivity index (χ1n) is 3.53. The van der Waals surface area contributed by atoms with Crippen LogP contribution in [0.1, 0.15) is 13.3 Å². The number of carbonyl (C=O) groups is 1. The summed E-state index contributed by atoms with van der Waals surface area (Å²) in [5.74, 6) is 1.44. The molecule has 3 atom stereocenters. The standard InChI is InChI=1S/C7H11NO/c1-4(9)7-5-2-6(7)8-3-5/h5-8H,2-3H2,1H3. The molecule has 0 aromatic rings. The van der Waals surface area contributed by atoms with Crippen molar-refractivity contribution < 1.29 is 4.79 Å². The maximum Gasteiger partial charge on any atom is 0.134 e. The first-order valence-corrected chi connectivity index (χ1v) is 3.53. The van der Waals surface area contributed by atoms with E-state index < -0.39 is 0 Å². The van der Waals surface area contributed by atoms with E-state index in [4.69, 9.17) is 0 Å². The van der Waals surface area contributed by atoms with E-state index in [1.165, 1.54) is 6.42 Å². The summed E-state index contributed by atoms with van der Waals surface area (Å²) in [5.41, 5.74) is 0. The Morgan fingerprint density at radius 3 is 2.67 bits per heavy atom. The molecule has 2 bridgehead atoms. The van der Waals surface area contributed by atoms with Gasteiger partial charge in [0.05, 0.1) is 0 Å². The summed E-state index contributed by atoms with van der Waals surface area (Å²) in [6.07, 6.45) is 1.24. The lowest BCUT2D eigenvalue weighted by atomic mass is 9.72. The summed E-state index contributed by atoms with van der Waals surface area (Å²) in [5, 5.41) is 3.30. The maximum atomic E-state index is 10.8. The SMILES string of the molecule is CC(=O)C1C2CNC1C2. The number of carbonyl (C=O) groups excluding carboxylic acids is 1. The summed E-state index contributed by atoms with van der Waals surface area (Å²) >= 11 is 0. The fourth-order valence-electron chi connectivity index (χ4n) is 2.09. The molecule has 0 spiro atoms. The van der Waals surface area contributed by atoms with Gasteiger partial charge in [0.25, 0.3) is 0 Å². The molecule has 3 unspecified atom stereocenters. The lowest BCUT2D eigenvalue weighted by Crippen LogP contribution is -2.41. The Hall–Kier alpha value is -0.370. The van der Waals surface area contributed by atoms with Gasteiger partial charge < -0.3 is 5.32 Å². The average Bonchev–Trinajstić information content (AvgIpc) is 2.13. The van der Waals surface area contributed by atoms with Gasteiger partial charge in [-0.1, -0.05) is 0 Å². The van der Waals surface area contributed by atoms with E-state index in [1.54, 1.807) is 6.92 Å². The highest BCUT2D eigenvalue weighted by Gasteiger charge is 2.48. The first-order chi connectivity index (χ1) is 4.29. The molecule has 3 fully saturated rings. The molecule has 0 amide bonds. The van der Waals surface area contributed by atoms with Gasteiger partial charge in [0.2, 0.25) is 0 Å². The number of nitrogens with one attached hydrogen (secondary N) is 1. The molecule has 1 saturated carbocycles. The third-order valence-electron chi connectivity index (χ3n) is 2.61. The first kappa shape index (κ1) is 5.42. The molecule has 50 valence electrons. The zero-order valence-electron chi connectivity index (χ0n) is 5.55. The Morgan fingerprint density at radius 1 is 1.67 bits per heavy atom. The van der Waals surface area contributed by atoms with Gasteiger partial charge in [0.1, 0.15) is 5.78 Å². The van der Waals surface area contributed by atoms with Crippen molar-refractivity contribution >= 4 is 5.78 Å².